The minimum atomic E-state index is 0.0436. The highest BCUT2D eigenvalue weighted by Gasteiger charge is 2.26. The standard InChI is InChI=1S/C24H28N4O2S/c1-30-21-13-11-20(12-14-21)28-17-25-27-24(28)31-16-23(29)26-22(19-9-5-6-10-19)15-18-7-3-2-4-8-18/h2-4,7-8,11-14,17,19,22H,5-6,9-10,15-16H2,1H3,(H,26,29). The normalized spacial score (nSPS) is 15.0. The molecule has 3 aromatic rings. The molecule has 1 unspecified atom stereocenters. The van der Waals surface area contributed by atoms with Gasteiger partial charge in [-0.2, -0.15) is 0 Å². The topological polar surface area (TPSA) is 69.0 Å². The number of nitrogens with zero attached hydrogens (tertiary/aromatic N) is 3. The summed E-state index contributed by atoms with van der Waals surface area (Å²) in [6.45, 7) is 0. The van der Waals surface area contributed by atoms with Crippen LogP contribution >= 0.6 is 11.8 Å². The van der Waals surface area contributed by atoms with Gasteiger partial charge in [0.1, 0.15) is 12.1 Å². The van der Waals surface area contributed by atoms with Gasteiger partial charge in [-0.15, -0.1) is 10.2 Å². The number of hydrogen-bond acceptors (Lipinski definition) is 5. The van der Waals surface area contributed by atoms with E-state index >= 15 is 0 Å². The summed E-state index contributed by atoms with van der Waals surface area (Å²) in [6.07, 6.45) is 7.44. The Morgan fingerprint density at radius 3 is 2.61 bits per heavy atom. The molecule has 0 saturated heterocycles. The van der Waals surface area contributed by atoms with Gasteiger partial charge in [-0.1, -0.05) is 54.9 Å². The second-order valence-electron chi connectivity index (χ2n) is 7.88. The molecule has 0 spiro atoms. The summed E-state index contributed by atoms with van der Waals surface area (Å²) in [6, 6.07) is 18.3. The van der Waals surface area contributed by atoms with Crippen molar-refractivity contribution in [2.75, 3.05) is 12.9 Å². The molecule has 31 heavy (non-hydrogen) atoms. The molecule has 1 amide bonds. The van der Waals surface area contributed by atoms with Crippen LogP contribution in [0.1, 0.15) is 31.2 Å². The summed E-state index contributed by atoms with van der Waals surface area (Å²) in [4.78, 5) is 12.8. The highest BCUT2D eigenvalue weighted by Crippen LogP contribution is 2.29. The third-order valence-electron chi connectivity index (χ3n) is 5.81. The fourth-order valence-electron chi connectivity index (χ4n) is 4.18. The van der Waals surface area contributed by atoms with E-state index in [4.69, 9.17) is 4.74 Å². The first kappa shape index (κ1) is 21.4. The van der Waals surface area contributed by atoms with E-state index in [2.05, 4.69) is 39.8 Å². The Bertz CT molecular complexity index is 969. The Morgan fingerprint density at radius 1 is 1.16 bits per heavy atom. The van der Waals surface area contributed by atoms with Gasteiger partial charge in [0.05, 0.1) is 12.9 Å². The first-order valence-corrected chi connectivity index (χ1v) is 11.7. The minimum Gasteiger partial charge on any atom is -0.497 e. The van der Waals surface area contributed by atoms with Gasteiger partial charge in [0.2, 0.25) is 5.91 Å². The third kappa shape index (κ3) is 5.67. The summed E-state index contributed by atoms with van der Waals surface area (Å²) >= 11 is 1.40. The smallest absolute Gasteiger partial charge is 0.230 e. The Hall–Kier alpha value is -2.80. The number of carbonyl (C=O) groups is 1. The molecule has 0 aliphatic heterocycles. The summed E-state index contributed by atoms with van der Waals surface area (Å²) in [5, 5.41) is 12.2. The summed E-state index contributed by atoms with van der Waals surface area (Å²) in [7, 11) is 1.64. The number of ether oxygens (including phenoxy) is 1. The quantitative estimate of drug-likeness (QED) is 0.507. The van der Waals surface area contributed by atoms with Crippen molar-refractivity contribution in [1.82, 2.24) is 20.1 Å². The number of carbonyl (C=O) groups excluding carboxylic acids is 1. The molecule has 0 radical (unpaired) electrons. The SMILES string of the molecule is COc1ccc(-n2cnnc2SCC(=O)NC(Cc2ccccc2)C2CCCC2)cc1. The maximum atomic E-state index is 12.8. The lowest BCUT2D eigenvalue weighted by atomic mass is 9.92. The molecule has 7 heteroatoms. The van der Waals surface area contributed by atoms with E-state index in [-0.39, 0.29) is 11.9 Å². The van der Waals surface area contributed by atoms with E-state index in [1.807, 2.05) is 34.9 Å². The summed E-state index contributed by atoms with van der Waals surface area (Å²) < 4.78 is 7.10. The number of benzene rings is 2. The number of nitrogens with one attached hydrogen (secondary N) is 1. The van der Waals surface area contributed by atoms with E-state index in [9.17, 15) is 4.79 Å². The van der Waals surface area contributed by atoms with E-state index in [0.29, 0.717) is 16.8 Å². The van der Waals surface area contributed by atoms with Gasteiger partial charge in [-0.25, -0.2) is 0 Å². The lowest BCUT2D eigenvalue weighted by Crippen LogP contribution is -2.42. The maximum Gasteiger partial charge on any atom is 0.230 e. The van der Waals surface area contributed by atoms with Crippen molar-refractivity contribution >= 4 is 17.7 Å². The summed E-state index contributed by atoms with van der Waals surface area (Å²) in [5.74, 6) is 1.70. The molecule has 1 atom stereocenters. The Balaban J connectivity index is 1.38. The van der Waals surface area contributed by atoms with Gasteiger partial charge in [0.25, 0.3) is 0 Å². The monoisotopic (exact) mass is 436 g/mol. The number of thioether (sulfide) groups is 1. The van der Waals surface area contributed by atoms with Crippen molar-refractivity contribution < 1.29 is 9.53 Å². The fraction of sp³-hybridized carbons (Fsp3) is 0.375. The van der Waals surface area contributed by atoms with Gasteiger partial charge >= 0.3 is 0 Å². The Kier molecular flexibility index (Phi) is 7.25. The predicted molar refractivity (Wildman–Crippen MR) is 123 cm³/mol. The van der Waals surface area contributed by atoms with Crippen LogP contribution < -0.4 is 10.1 Å². The van der Waals surface area contributed by atoms with E-state index in [1.165, 1.54) is 43.0 Å². The van der Waals surface area contributed by atoms with Gasteiger partial charge < -0.3 is 10.1 Å². The van der Waals surface area contributed by atoms with Crippen molar-refractivity contribution in [2.24, 2.45) is 5.92 Å². The second-order valence-corrected chi connectivity index (χ2v) is 8.82. The minimum absolute atomic E-state index is 0.0436. The lowest BCUT2D eigenvalue weighted by molar-refractivity contribution is -0.119. The molecule has 1 saturated carbocycles. The van der Waals surface area contributed by atoms with Crippen LogP contribution in [0.3, 0.4) is 0 Å². The van der Waals surface area contributed by atoms with Crippen LogP contribution in [0.5, 0.6) is 5.75 Å². The number of methoxy groups -OCH3 is 1. The number of aromatic nitrogens is 3. The lowest BCUT2D eigenvalue weighted by Gasteiger charge is -2.25. The zero-order chi connectivity index (χ0) is 21.5. The Morgan fingerprint density at radius 2 is 1.90 bits per heavy atom. The van der Waals surface area contributed by atoms with Crippen LogP contribution in [0.4, 0.5) is 0 Å². The molecule has 1 aliphatic carbocycles. The van der Waals surface area contributed by atoms with E-state index in [0.717, 1.165) is 17.9 Å². The second kappa shape index (κ2) is 10.5. The molecular formula is C24H28N4O2S. The van der Waals surface area contributed by atoms with Gasteiger partial charge in [-0.05, 0) is 55.0 Å². The molecule has 0 bridgehead atoms. The third-order valence-corrected chi connectivity index (χ3v) is 6.76. The van der Waals surface area contributed by atoms with Crippen molar-refractivity contribution in [1.29, 1.82) is 0 Å². The fourth-order valence-corrected chi connectivity index (χ4v) is 4.92. The zero-order valence-electron chi connectivity index (χ0n) is 17.7. The predicted octanol–water partition coefficient (Wildman–Crippen LogP) is 4.29. The van der Waals surface area contributed by atoms with Crippen molar-refractivity contribution in [3.05, 3.63) is 66.5 Å². The molecule has 2 aromatic carbocycles. The molecule has 162 valence electrons. The molecular weight excluding hydrogens is 408 g/mol. The van der Waals surface area contributed by atoms with E-state index < -0.39 is 0 Å². The van der Waals surface area contributed by atoms with Crippen LogP contribution in [0.25, 0.3) is 5.69 Å². The van der Waals surface area contributed by atoms with Gasteiger partial charge in [0.15, 0.2) is 5.16 Å². The molecule has 1 aliphatic rings. The molecule has 1 N–H and O–H groups in total. The number of rotatable bonds is 9. The highest BCUT2D eigenvalue weighted by atomic mass is 32.2. The summed E-state index contributed by atoms with van der Waals surface area (Å²) in [5.41, 5.74) is 2.20. The van der Waals surface area contributed by atoms with Crippen LogP contribution in [0.2, 0.25) is 0 Å². The van der Waals surface area contributed by atoms with Crippen LogP contribution in [0.15, 0.2) is 66.1 Å². The molecule has 1 fully saturated rings. The average Bonchev–Trinajstić information content (AvgIpc) is 3.50. The maximum absolute atomic E-state index is 12.8. The molecule has 1 heterocycles. The first-order chi connectivity index (χ1) is 15.2. The molecule has 6 nitrogen and oxygen atoms in total. The van der Waals surface area contributed by atoms with Crippen LogP contribution in [-0.4, -0.2) is 39.6 Å². The van der Waals surface area contributed by atoms with Crippen molar-refractivity contribution in [2.45, 2.75) is 43.3 Å². The largest absolute Gasteiger partial charge is 0.497 e. The number of amides is 1. The highest BCUT2D eigenvalue weighted by molar-refractivity contribution is 7.99. The van der Waals surface area contributed by atoms with Gasteiger partial charge in [0, 0.05) is 11.7 Å². The van der Waals surface area contributed by atoms with E-state index in [1.54, 1.807) is 13.4 Å². The number of hydrogen-bond donors (Lipinski definition) is 1. The Labute approximate surface area is 187 Å². The van der Waals surface area contributed by atoms with Gasteiger partial charge in [-0.3, -0.25) is 9.36 Å². The zero-order valence-corrected chi connectivity index (χ0v) is 18.6. The average molecular weight is 437 g/mol. The molecule has 1 aromatic heterocycles. The van der Waals surface area contributed by atoms with Crippen molar-refractivity contribution in [3.8, 4) is 11.4 Å². The van der Waals surface area contributed by atoms with Crippen LogP contribution in [0, 0.1) is 5.92 Å². The van der Waals surface area contributed by atoms with Crippen LogP contribution in [-0.2, 0) is 11.2 Å². The molecule has 4 rings (SSSR count). The first-order valence-electron chi connectivity index (χ1n) is 10.7. The van der Waals surface area contributed by atoms with Crippen molar-refractivity contribution in [3.63, 3.8) is 0 Å².